The summed E-state index contributed by atoms with van der Waals surface area (Å²) >= 11 is 4.69. The number of halogens is 1. The molecule has 2 aromatic rings. The Balaban J connectivity index is 2.11. The molecule has 8 heteroatoms. The van der Waals surface area contributed by atoms with Gasteiger partial charge in [-0.2, -0.15) is 0 Å². The second kappa shape index (κ2) is 7.92. The Bertz CT molecular complexity index is 938. The molecule has 1 N–H and O–H groups in total. The maximum absolute atomic E-state index is 13.3. The maximum atomic E-state index is 13.3. The molecule has 1 atom stereocenters. The molecule has 2 heterocycles. The van der Waals surface area contributed by atoms with Crippen molar-refractivity contribution in [2.45, 2.75) is 19.9 Å². The predicted octanol–water partition coefficient (Wildman–Crippen LogP) is 3.75. The van der Waals surface area contributed by atoms with E-state index in [1.807, 2.05) is 31.2 Å². The molecule has 0 fully saturated rings. The molecule has 1 aromatic heterocycles. The molecule has 0 spiro atoms. The van der Waals surface area contributed by atoms with Crippen molar-refractivity contribution in [3.63, 3.8) is 0 Å². The summed E-state index contributed by atoms with van der Waals surface area (Å²) < 4.78 is 5.92. The van der Waals surface area contributed by atoms with Crippen LogP contribution in [0.5, 0.6) is 0 Å². The lowest BCUT2D eigenvalue weighted by molar-refractivity contribution is -0.130. The highest BCUT2D eigenvalue weighted by Gasteiger charge is 2.44. The molecule has 1 amide bonds. The van der Waals surface area contributed by atoms with Crippen LogP contribution >= 0.6 is 27.3 Å². The zero-order valence-corrected chi connectivity index (χ0v) is 17.6. The third kappa shape index (κ3) is 3.69. The van der Waals surface area contributed by atoms with Crippen LogP contribution in [-0.4, -0.2) is 46.9 Å². The molecule has 6 nitrogen and oxygen atoms in total. The molecule has 0 radical (unpaired) electrons. The van der Waals surface area contributed by atoms with Crippen LogP contribution < -0.4 is 0 Å². The molecule has 1 aliphatic heterocycles. The summed E-state index contributed by atoms with van der Waals surface area (Å²) in [5, 5.41) is 11.3. The van der Waals surface area contributed by atoms with Gasteiger partial charge < -0.3 is 14.7 Å². The van der Waals surface area contributed by atoms with Gasteiger partial charge in [-0.25, -0.2) is 4.98 Å². The van der Waals surface area contributed by atoms with E-state index in [0.29, 0.717) is 17.2 Å². The van der Waals surface area contributed by atoms with Gasteiger partial charge in [0.05, 0.1) is 33.8 Å². The molecule has 27 heavy (non-hydrogen) atoms. The molecule has 0 saturated heterocycles. The number of thiazole rings is 1. The summed E-state index contributed by atoms with van der Waals surface area (Å²) in [5.74, 6) is -1.44. The molecule has 3 rings (SSSR count). The maximum Gasteiger partial charge on any atom is 0.290 e. The van der Waals surface area contributed by atoms with Crippen LogP contribution in [0, 0.1) is 13.8 Å². The zero-order chi connectivity index (χ0) is 19.7. The van der Waals surface area contributed by atoms with E-state index in [0.717, 1.165) is 15.0 Å². The first-order chi connectivity index (χ1) is 12.8. The van der Waals surface area contributed by atoms with Gasteiger partial charge in [-0.1, -0.05) is 28.1 Å². The number of aliphatic hydroxyl groups excluding tert-OH is 1. The second-order valence-corrected chi connectivity index (χ2v) is 8.31. The minimum atomic E-state index is -0.681. The van der Waals surface area contributed by atoms with Crippen LogP contribution in [0.3, 0.4) is 0 Å². The van der Waals surface area contributed by atoms with Crippen molar-refractivity contribution in [3.05, 3.63) is 61.2 Å². The summed E-state index contributed by atoms with van der Waals surface area (Å²) in [5.41, 5.74) is 1.42. The monoisotopic (exact) mass is 450 g/mol. The van der Waals surface area contributed by atoms with Gasteiger partial charge in [0.2, 0.25) is 5.78 Å². The number of aliphatic hydroxyl groups is 1. The number of hydrogen-bond acceptors (Lipinski definition) is 6. The quantitative estimate of drug-likeness (QED) is 0.677. The fourth-order valence-corrected chi connectivity index (χ4v) is 4.48. The highest BCUT2D eigenvalue weighted by molar-refractivity contribution is 9.10. The van der Waals surface area contributed by atoms with Crippen molar-refractivity contribution in [2.24, 2.45) is 0 Å². The van der Waals surface area contributed by atoms with Gasteiger partial charge in [0.15, 0.2) is 5.76 Å². The normalized spacial score (nSPS) is 17.1. The number of rotatable bonds is 6. The van der Waals surface area contributed by atoms with Crippen molar-refractivity contribution >= 4 is 39.0 Å². The number of aryl methyl sites for hydroxylation is 2. The molecule has 0 bridgehead atoms. The van der Waals surface area contributed by atoms with Crippen LogP contribution in [-0.2, 0) is 9.53 Å². The number of benzene rings is 1. The number of ether oxygens (including phenoxy) is 1. The third-order valence-electron chi connectivity index (χ3n) is 4.36. The smallest absolute Gasteiger partial charge is 0.290 e. The fraction of sp³-hybridized carbons (Fsp3) is 0.316. The lowest BCUT2D eigenvalue weighted by Gasteiger charge is -2.26. The van der Waals surface area contributed by atoms with Gasteiger partial charge in [-0.15, -0.1) is 11.3 Å². The first-order valence-electron chi connectivity index (χ1n) is 8.32. The lowest BCUT2D eigenvalue weighted by atomic mass is 9.95. The number of ketones is 1. The molecular formula is C19H19BrN2O4S. The highest BCUT2D eigenvalue weighted by atomic mass is 79.9. The minimum absolute atomic E-state index is 0.0842. The summed E-state index contributed by atoms with van der Waals surface area (Å²) in [7, 11) is 1.54. The largest absolute Gasteiger partial charge is 0.503 e. The number of Topliss-reactive ketones (excluding diaryl/α,β-unsaturated/α-hetero) is 1. The van der Waals surface area contributed by atoms with Crippen molar-refractivity contribution in [3.8, 4) is 0 Å². The average molecular weight is 451 g/mol. The SMILES string of the molecule is COCCN1C(=O)C(O)=C(C(=O)c2sc(C)nc2C)C1c1cccc(Br)c1. The summed E-state index contributed by atoms with van der Waals surface area (Å²) in [4.78, 5) is 32.2. The molecule has 1 aromatic carbocycles. The average Bonchev–Trinajstić information content (AvgIpc) is 3.09. The second-order valence-electron chi connectivity index (χ2n) is 6.19. The Kier molecular flexibility index (Phi) is 5.78. The van der Waals surface area contributed by atoms with Gasteiger partial charge in [-0.05, 0) is 31.5 Å². The van der Waals surface area contributed by atoms with Gasteiger partial charge in [-0.3, -0.25) is 9.59 Å². The minimum Gasteiger partial charge on any atom is -0.503 e. The fourth-order valence-electron chi connectivity index (χ4n) is 3.19. The summed E-state index contributed by atoms with van der Waals surface area (Å²) in [6.45, 7) is 4.12. The Morgan fingerprint density at radius 1 is 1.41 bits per heavy atom. The number of nitrogens with zero attached hydrogens (tertiary/aromatic N) is 2. The van der Waals surface area contributed by atoms with Gasteiger partial charge in [0.1, 0.15) is 0 Å². The van der Waals surface area contributed by atoms with E-state index in [1.165, 1.54) is 23.3 Å². The van der Waals surface area contributed by atoms with Crippen LogP contribution in [0.25, 0.3) is 0 Å². The van der Waals surface area contributed by atoms with Gasteiger partial charge in [0.25, 0.3) is 5.91 Å². The van der Waals surface area contributed by atoms with Crippen LogP contribution in [0.4, 0.5) is 0 Å². The summed E-state index contributed by atoms with van der Waals surface area (Å²) in [6, 6.07) is 6.69. The van der Waals surface area contributed by atoms with E-state index in [1.54, 1.807) is 6.92 Å². The Labute approximate surface area is 169 Å². The third-order valence-corrected chi connectivity index (χ3v) is 5.92. The zero-order valence-electron chi connectivity index (χ0n) is 15.2. The van der Waals surface area contributed by atoms with Crippen molar-refractivity contribution in [1.82, 2.24) is 9.88 Å². The summed E-state index contributed by atoms with van der Waals surface area (Å²) in [6.07, 6.45) is 0. The number of amides is 1. The van der Waals surface area contributed by atoms with Crippen molar-refractivity contribution < 1.29 is 19.4 Å². The van der Waals surface area contributed by atoms with E-state index in [-0.39, 0.29) is 17.9 Å². The topological polar surface area (TPSA) is 79.7 Å². The Morgan fingerprint density at radius 2 is 2.15 bits per heavy atom. The molecule has 1 unspecified atom stereocenters. The Hall–Kier alpha value is -2.03. The van der Waals surface area contributed by atoms with Crippen molar-refractivity contribution in [2.75, 3.05) is 20.3 Å². The number of aromatic nitrogens is 1. The highest BCUT2D eigenvalue weighted by Crippen LogP contribution is 2.40. The predicted molar refractivity (Wildman–Crippen MR) is 106 cm³/mol. The Morgan fingerprint density at radius 3 is 2.74 bits per heavy atom. The van der Waals surface area contributed by atoms with E-state index in [4.69, 9.17) is 4.74 Å². The van der Waals surface area contributed by atoms with Crippen LogP contribution in [0.15, 0.2) is 40.1 Å². The first kappa shape index (κ1) is 19.7. The number of hydrogen-bond donors (Lipinski definition) is 1. The van der Waals surface area contributed by atoms with Crippen LogP contribution in [0.2, 0.25) is 0 Å². The van der Waals surface area contributed by atoms with Crippen LogP contribution in [0.1, 0.15) is 32.0 Å². The van der Waals surface area contributed by atoms with Gasteiger partial charge >= 0.3 is 0 Å². The van der Waals surface area contributed by atoms with E-state index >= 15 is 0 Å². The van der Waals surface area contributed by atoms with Crippen molar-refractivity contribution in [1.29, 1.82) is 0 Å². The molecule has 0 aliphatic carbocycles. The molecule has 142 valence electrons. The number of methoxy groups -OCH3 is 1. The first-order valence-corrected chi connectivity index (χ1v) is 9.93. The van der Waals surface area contributed by atoms with E-state index in [9.17, 15) is 14.7 Å². The number of carbonyl (C=O) groups is 2. The van der Waals surface area contributed by atoms with E-state index < -0.39 is 17.7 Å². The van der Waals surface area contributed by atoms with E-state index in [2.05, 4.69) is 20.9 Å². The van der Waals surface area contributed by atoms with Gasteiger partial charge in [0, 0.05) is 18.1 Å². The molecule has 0 saturated carbocycles. The molecule has 1 aliphatic rings. The molecular weight excluding hydrogens is 432 g/mol. The lowest BCUT2D eigenvalue weighted by Crippen LogP contribution is -2.34. The standard InChI is InChI=1S/C19H19BrN2O4S/c1-10-18(27-11(2)21-10)16(23)14-15(12-5-4-6-13(20)9-12)22(7-8-26-3)19(25)17(14)24/h4-6,9,15,24H,7-8H2,1-3H3. The number of carbonyl (C=O) groups excluding carboxylic acids is 2.